The second-order valence-electron chi connectivity index (χ2n) is 3.80. The van der Waals surface area contributed by atoms with Gasteiger partial charge in [0.05, 0.1) is 16.9 Å². The standard InChI is InChI=1S/C8H14O4S/c1-5(2)7(8(9)10)6-3-4-13(6,11)12/h5-7H,3-4H2,1-2H3,(H,9,10). The van der Waals surface area contributed by atoms with Crippen LogP contribution in [0.2, 0.25) is 0 Å². The van der Waals surface area contributed by atoms with Gasteiger partial charge in [0, 0.05) is 0 Å². The molecule has 0 aromatic rings. The Kier molecular flexibility index (Phi) is 2.66. The molecule has 13 heavy (non-hydrogen) atoms. The summed E-state index contributed by atoms with van der Waals surface area (Å²) in [7, 11) is -3.09. The summed E-state index contributed by atoms with van der Waals surface area (Å²) in [6.07, 6.45) is 0.498. The van der Waals surface area contributed by atoms with Crippen molar-refractivity contribution < 1.29 is 18.3 Å². The van der Waals surface area contributed by atoms with Gasteiger partial charge in [-0.15, -0.1) is 0 Å². The van der Waals surface area contributed by atoms with Gasteiger partial charge in [-0.05, 0) is 12.3 Å². The molecule has 0 saturated carbocycles. The van der Waals surface area contributed by atoms with E-state index < -0.39 is 27.0 Å². The zero-order valence-electron chi connectivity index (χ0n) is 7.73. The highest BCUT2D eigenvalue weighted by atomic mass is 32.2. The van der Waals surface area contributed by atoms with Crippen LogP contribution in [0.3, 0.4) is 0 Å². The molecule has 1 N–H and O–H groups in total. The Labute approximate surface area is 77.9 Å². The summed E-state index contributed by atoms with van der Waals surface area (Å²) in [4.78, 5) is 10.8. The SMILES string of the molecule is CC(C)C(C(=O)O)C1CCS1(=O)=O. The number of sulfone groups is 1. The molecule has 0 amide bonds. The van der Waals surface area contributed by atoms with Crippen molar-refractivity contribution in [3.8, 4) is 0 Å². The first-order valence-corrected chi connectivity index (χ1v) is 6.02. The van der Waals surface area contributed by atoms with E-state index in [1.54, 1.807) is 13.8 Å². The first-order valence-electron chi connectivity index (χ1n) is 4.30. The van der Waals surface area contributed by atoms with Gasteiger partial charge in [-0.25, -0.2) is 8.42 Å². The summed E-state index contributed by atoms with van der Waals surface area (Å²) in [5.41, 5.74) is 0. The van der Waals surface area contributed by atoms with Gasteiger partial charge in [-0.3, -0.25) is 4.79 Å². The van der Waals surface area contributed by atoms with E-state index in [1.807, 2.05) is 0 Å². The highest BCUT2D eigenvalue weighted by Crippen LogP contribution is 2.32. The third-order valence-electron chi connectivity index (χ3n) is 2.55. The van der Waals surface area contributed by atoms with E-state index in [4.69, 9.17) is 5.11 Å². The number of aliphatic carboxylic acids is 1. The fourth-order valence-corrected chi connectivity index (χ4v) is 3.49. The van der Waals surface area contributed by atoms with Crippen LogP contribution >= 0.6 is 0 Å². The number of hydrogen-bond acceptors (Lipinski definition) is 3. The molecule has 0 bridgehead atoms. The number of hydrogen-bond donors (Lipinski definition) is 1. The minimum atomic E-state index is -3.09. The lowest BCUT2D eigenvalue weighted by atomic mass is 9.91. The van der Waals surface area contributed by atoms with Crippen molar-refractivity contribution in [3.63, 3.8) is 0 Å². The number of carboxylic acid groups (broad SMARTS) is 1. The van der Waals surface area contributed by atoms with E-state index in [1.165, 1.54) is 0 Å². The summed E-state index contributed by atoms with van der Waals surface area (Å²) in [5.74, 6) is -1.71. The van der Waals surface area contributed by atoms with E-state index in [-0.39, 0.29) is 11.7 Å². The summed E-state index contributed by atoms with van der Waals surface area (Å²) < 4.78 is 22.4. The van der Waals surface area contributed by atoms with Gasteiger partial charge < -0.3 is 5.11 Å². The fraction of sp³-hybridized carbons (Fsp3) is 0.875. The van der Waals surface area contributed by atoms with Crippen molar-refractivity contribution in [2.45, 2.75) is 25.5 Å². The average Bonchev–Trinajstić information content (AvgIpc) is 1.96. The van der Waals surface area contributed by atoms with E-state index in [2.05, 4.69) is 0 Å². The van der Waals surface area contributed by atoms with Gasteiger partial charge in [0.25, 0.3) is 0 Å². The molecule has 0 aromatic heterocycles. The molecular weight excluding hydrogens is 192 g/mol. The van der Waals surface area contributed by atoms with Crippen molar-refractivity contribution in [1.82, 2.24) is 0 Å². The van der Waals surface area contributed by atoms with Gasteiger partial charge in [0.1, 0.15) is 0 Å². The van der Waals surface area contributed by atoms with Gasteiger partial charge in [-0.1, -0.05) is 13.8 Å². The molecule has 0 aromatic carbocycles. The molecule has 4 nitrogen and oxygen atoms in total. The lowest BCUT2D eigenvalue weighted by Gasteiger charge is -2.33. The molecule has 1 saturated heterocycles. The second kappa shape index (κ2) is 3.29. The summed E-state index contributed by atoms with van der Waals surface area (Å²) in [6, 6.07) is 0. The molecule has 0 radical (unpaired) electrons. The molecule has 0 aliphatic carbocycles. The topological polar surface area (TPSA) is 71.4 Å². The normalized spacial score (nSPS) is 28.1. The third-order valence-corrected chi connectivity index (χ3v) is 4.81. The van der Waals surface area contributed by atoms with E-state index >= 15 is 0 Å². The van der Waals surface area contributed by atoms with Gasteiger partial charge >= 0.3 is 5.97 Å². The Hall–Kier alpha value is -0.580. The minimum Gasteiger partial charge on any atom is -0.481 e. The van der Waals surface area contributed by atoms with Gasteiger partial charge in [0.2, 0.25) is 0 Å². The molecule has 1 fully saturated rings. The van der Waals surface area contributed by atoms with Crippen LogP contribution in [0, 0.1) is 11.8 Å². The largest absolute Gasteiger partial charge is 0.481 e. The van der Waals surface area contributed by atoms with Crippen LogP contribution in [0.25, 0.3) is 0 Å². The predicted molar refractivity (Wildman–Crippen MR) is 48.2 cm³/mol. The van der Waals surface area contributed by atoms with E-state index in [9.17, 15) is 13.2 Å². The van der Waals surface area contributed by atoms with E-state index in [0.717, 1.165) is 0 Å². The van der Waals surface area contributed by atoms with Crippen molar-refractivity contribution >= 4 is 15.8 Å². The summed E-state index contributed by atoms with van der Waals surface area (Å²) >= 11 is 0. The Morgan fingerprint density at radius 3 is 2.08 bits per heavy atom. The molecule has 1 aliphatic heterocycles. The number of rotatable bonds is 3. The van der Waals surface area contributed by atoms with Crippen molar-refractivity contribution in [2.75, 3.05) is 5.75 Å². The average molecular weight is 206 g/mol. The van der Waals surface area contributed by atoms with E-state index in [0.29, 0.717) is 6.42 Å². The van der Waals surface area contributed by atoms with Crippen LogP contribution in [0.5, 0.6) is 0 Å². The smallest absolute Gasteiger partial charge is 0.308 e. The molecule has 2 unspecified atom stereocenters. The summed E-state index contributed by atoms with van der Waals surface area (Å²) in [5, 5.41) is 8.20. The highest BCUT2D eigenvalue weighted by molar-refractivity contribution is 7.93. The van der Waals surface area contributed by atoms with Crippen molar-refractivity contribution in [1.29, 1.82) is 0 Å². The lowest BCUT2D eigenvalue weighted by molar-refractivity contribution is -0.143. The molecule has 0 spiro atoms. The fourth-order valence-electron chi connectivity index (χ4n) is 1.72. The molecule has 2 atom stereocenters. The predicted octanol–water partition coefficient (Wildman–Crippen LogP) is 0.530. The highest BCUT2D eigenvalue weighted by Gasteiger charge is 2.45. The van der Waals surface area contributed by atoms with Crippen molar-refractivity contribution in [3.05, 3.63) is 0 Å². The van der Waals surface area contributed by atoms with Crippen LogP contribution in [-0.4, -0.2) is 30.5 Å². The zero-order chi connectivity index (χ0) is 10.2. The van der Waals surface area contributed by atoms with Crippen molar-refractivity contribution in [2.24, 2.45) is 11.8 Å². The van der Waals surface area contributed by atoms with Gasteiger partial charge in [-0.2, -0.15) is 0 Å². The molecule has 1 aliphatic rings. The molecule has 1 rings (SSSR count). The zero-order valence-corrected chi connectivity index (χ0v) is 8.54. The first kappa shape index (κ1) is 10.5. The maximum Gasteiger partial charge on any atom is 0.308 e. The monoisotopic (exact) mass is 206 g/mol. The maximum atomic E-state index is 11.2. The quantitative estimate of drug-likeness (QED) is 0.731. The van der Waals surface area contributed by atoms with Crippen LogP contribution in [0.1, 0.15) is 20.3 Å². The van der Waals surface area contributed by atoms with Crippen LogP contribution in [0.4, 0.5) is 0 Å². The molecule has 5 heteroatoms. The van der Waals surface area contributed by atoms with Crippen LogP contribution in [0.15, 0.2) is 0 Å². The Bertz CT molecular complexity index is 304. The molecule has 76 valence electrons. The first-order chi connectivity index (χ1) is 5.86. The molecular formula is C8H14O4S. The molecule has 1 heterocycles. The Balaban J connectivity index is 2.84. The van der Waals surface area contributed by atoms with Crippen LogP contribution in [-0.2, 0) is 14.6 Å². The minimum absolute atomic E-state index is 0.127. The van der Waals surface area contributed by atoms with Gasteiger partial charge in [0.15, 0.2) is 9.84 Å². The summed E-state index contributed by atoms with van der Waals surface area (Å²) in [6.45, 7) is 3.49. The second-order valence-corrected chi connectivity index (χ2v) is 6.14. The number of carboxylic acids is 1. The lowest BCUT2D eigenvalue weighted by Crippen LogP contribution is -2.47. The third kappa shape index (κ3) is 1.85. The van der Waals surface area contributed by atoms with Crippen LogP contribution < -0.4 is 0 Å². The maximum absolute atomic E-state index is 11.2. The Morgan fingerprint density at radius 2 is 2.00 bits per heavy atom. The number of carbonyl (C=O) groups is 1. The Morgan fingerprint density at radius 1 is 1.46 bits per heavy atom.